The van der Waals surface area contributed by atoms with Crippen LogP contribution >= 0.6 is 0 Å². The van der Waals surface area contributed by atoms with Gasteiger partial charge in [-0.3, -0.25) is 9.59 Å². The number of hydrogen-bond acceptors (Lipinski definition) is 4. The van der Waals surface area contributed by atoms with E-state index < -0.39 is 17.6 Å². The molecule has 1 aromatic carbocycles. The topological polar surface area (TPSA) is 97.6 Å². The number of ketones is 1. The lowest BCUT2D eigenvalue weighted by atomic mass is 9.83. The largest absolute Gasteiger partial charge is 0.491 e. The van der Waals surface area contributed by atoms with Gasteiger partial charge in [0.25, 0.3) is 5.56 Å². The summed E-state index contributed by atoms with van der Waals surface area (Å²) in [6, 6.07) is 4.30. The van der Waals surface area contributed by atoms with E-state index in [0.717, 1.165) is 12.8 Å². The number of Topliss-reactive ketones (excluding diaryl/α,β-unsaturated/α-hetero) is 1. The lowest BCUT2D eigenvalue weighted by molar-refractivity contribution is 0.101. The Bertz CT molecular complexity index is 1050. The lowest BCUT2D eigenvalue weighted by Gasteiger charge is -2.34. The van der Waals surface area contributed by atoms with Crippen LogP contribution in [0.4, 0.5) is 4.79 Å². The van der Waals surface area contributed by atoms with Crippen molar-refractivity contribution in [3.8, 4) is 5.75 Å². The third-order valence-corrected chi connectivity index (χ3v) is 5.37. The fourth-order valence-electron chi connectivity index (χ4n) is 3.78. The Morgan fingerprint density at radius 1 is 1.19 bits per heavy atom. The van der Waals surface area contributed by atoms with Crippen molar-refractivity contribution in [2.24, 2.45) is 11.3 Å². The molecule has 2 rings (SSSR count). The molecule has 1 heterocycles. The third-order valence-electron chi connectivity index (χ3n) is 5.37. The van der Waals surface area contributed by atoms with Gasteiger partial charge < -0.3 is 19.7 Å². The van der Waals surface area contributed by atoms with Crippen molar-refractivity contribution < 1.29 is 19.4 Å². The molecule has 2 N–H and O–H groups in total. The minimum Gasteiger partial charge on any atom is -0.491 e. The van der Waals surface area contributed by atoms with Gasteiger partial charge in [0.15, 0.2) is 5.78 Å². The fourth-order valence-corrected chi connectivity index (χ4v) is 3.78. The summed E-state index contributed by atoms with van der Waals surface area (Å²) in [4.78, 5) is 37.4. The summed E-state index contributed by atoms with van der Waals surface area (Å²) in [6.07, 6.45) is 0.558. The molecule has 1 aromatic heterocycles. The summed E-state index contributed by atoms with van der Waals surface area (Å²) < 4.78 is 7.90. The molecule has 2 aromatic rings. The molecule has 7 heteroatoms. The molecule has 0 aliphatic heterocycles. The normalized spacial score (nSPS) is 12.8. The molecule has 0 radical (unpaired) electrons. The summed E-state index contributed by atoms with van der Waals surface area (Å²) in [5.74, 6) is 0.496. The van der Waals surface area contributed by atoms with E-state index in [0.29, 0.717) is 40.9 Å². The molecule has 32 heavy (non-hydrogen) atoms. The van der Waals surface area contributed by atoms with Gasteiger partial charge in [-0.1, -0.05) is 54.0 Å². The maximum Gasteiger partial charge on any atom is 0.405 e. The van der Waals surface area contributed by atoms with Gasteiger partial charge in [0.2, 0.25) is 0 Å². The van der Waals surface area contributed by atoms with Crippen molar-refractivity contribution in [3.63, 3.8) is 0 Å². The Morgan fingerprint density at radius 2 is 1.84 bits per heavy atom. The highest BCUT2D eigenvalue weighted by molar-refractivity contribution is 6.00. The van der Waals surface area contributed by atoms with Crippen LogP contribution in [-0.4, -0.2) is 28.2 Å². The van der Waals surface area contributed by atoms with Gasteiger partial charge in [-0.2, -0.15) is 0 Å². The van der Waals surface area contributed by atoms with Crippen LogP contribution in [0, 0.1) is 11.3 Å². The Hall–Kier alpha value is -2.83. The molecule has 176 valence electrons. The van der Waals surface area contributed by atoms with Gasteiger partial charge >= 0.3 is 6.09 Å². The van der Waals surface area contributed by atoms with Crippen LogP contribution in [-0.2, 0) is 6.54 Å². The quantitative estimate of drug-likeness (QED) is 0.399. The van der Waals surface area contributed by atoms with Crippen LogP contribution in [0.1, 0.15) is 83.4 Å². The number of fused-ring (bicyclic) bond motifs is 1. The SMILES string of the molecule is CCCCOc1c(C(NC(=O)O)C(C)(C)C)n(CC(C)C)c(=O)c2ccc(C(C)=O)cc12. The first-order valence-electron chi connectivity index (χ1n) is 11.2. The number of unbranched alkanes of at least 4 members (excludes halogenated alkanes) is 1. The minimum absolute atomic E-state index is 0.115. The first-order chi connectivity index (χ1) is 14.9. The zero-order valence-electron chi connectivity index (χ0n) is 20.2. The monoisotopic (exact) mass is 444 g/mol. The third kappa shape index (κ3) is 5.69. The fraction of sp³-hybridized carbons (Fsp3) is 0.560. The van der Waals surface area contributed by atoms with Crippen LogP contribution in [0.3, 0.4) is 0 Å². The molecule has 0 aliphatic rings. The molecule has 0 aliphatic carbocycles. The smallest absolute Gasteiger partial charge is 0.405 e. The summed E-state index contributed by atoms with van der Waals surface area (Å²) in [5, 5.41) is 13.2. The van der Waals surface area contributed by atoms with Crippen molar-refractivity contribution in [1.82, 2.24) is 9.88 Å². The van der Waals surface area contributed by atoms with Crippen LogP contribution in [0.15, 0.2) is 23.0 Å². The van der Waals surface area contributed by atoms with Gasteiger partial charge in [-0.05, 0) is 36.8 Å². The zero-order chi connectivity index (χ0) is 24.2. The molecule has 7 nitrogen and oxygen atoms in total. The second kappa shape index (κ2) is 10.2. The van der Waals surface area contributed by atoms with Crippen molar-refractivity contribution in [3.05, 3.63) is 39.8 Å². The number of amides is 1. The van der Waals surface area contributed by atoms with E-state index in [9.17, 15) is 19.5 Å². The zero-order valence-corrected chi connectivity index (χ0v) is 20.2. The van der Waals surface area contributed by atoms with E-state index in [1.54, 1.807) is 22.8 Å². The number of nitrogens with one attached hydrogen (secondary N) is 1. The van der Waals surface area contributed by atoms with Crippen LogP contribution in [0.5, 0.6) is 5.75 Å². The van der Waals surface area contributed by atoms with Gasteiger partial charge in [0, 0.05) is 17.5 Å². The van der Waals surface area contributed by atoms with E-state index in [1.807, 2.05) is 34.6 Å². The van der Waals surface area contributed by atoms with E-state index in [2.05, 4.69) is 12.2 Å². The summed E-state index contributed by atoms with van der Waals surface area (Å²) in [7, 11) is 0. The predicted molar refractivity (Wildman–Crippen MR) is 127 cm³/mol. The van der Waals surface area contributed by atoms with Gasteiger partial charge in [0.05, 0.1) is 23.7 Å². The maximum atomic E-state index is 13.6. The Balaban J connectivity index is 3.03. The first-order valence-corrected chi connectivity index (χ1v) is 11.2. The number of carbonyl (C=O) groups is 2. The van der Waals surface area contributed by atoms with E-state index in [-0.39, 0.29) is 17.3 Å². The number of aromatic nitrogens is 1. The van der Waals surface area contributed by atoms with Crippen LogP contribution in [0.25, 0.3) is 10.8 Å². The molecule has 0 fully saturated rings. The molecule has 1 atom stereocenters. The number of nitrogens with zero attached hydrogens (tertiary/aromatic N) is 1. The molecular weight excluding hydrogens is 408 g/mol. The van der Waals surface area contributed by atoms with Crippen LogP contribution in [0.2, 0.25) is 0 Å². The molecule has 1 amide bonds. The number of carboxylic acid groups (broad SMARTS) is 1. The van der Waals surface area contributed by atoms with Gasteiger partial charge in [-0.25, -0.2) is 4.79 Å². The highest BCUT2D eigenvalue weighted by atomic mass is 16.5. The molecule has 1 unspecified atom stereocenters. The highest BCUT2D eigenvalue weighted by Crippen LogP contribution is 2.40. The average Bonchev–Trinajstić information content (AvgIpc) is 2.68. The molecule has 0 spiro atoms. The van der Waals surface area contributed by atoms with Crippen LogP contribution < -0.4 is 15.6 Å². The van der Waals surface area contributed by atoms with Crippen molar-refractivity contribution in [2.75, 3.05) is 6.61 Å². The van der Waals surface area contributed by atoms with Gasteiger partial charge in [-0.15, -0.1) is 0 Å². The number of benzene rings is 1. The van der Waals surface area contributed by atoms with E-state index in [1.165, 1.54) is 6.92 Å². The predicted octanol–water partition coefficient (Wildman–Crippen LogP) is 5.39. The van der Waals surface area contributed by atoms with Crippen molar-refractivity contribution >= 4 is 22.6 Å². The molecule has 0 bridgehead atoms. The molecular formula is C25H36N2O5. The first kappa shape index (κ1) is 25.4. The van der Waals surface area contributed by atoms with E-state index in [4.69, 9.17) is 4.74 Å². The average molecular weight is 445 g/mol. The number of hydrogen-bond donors (Lipinski definition) is 2. The minimum atomic E-state index is -1.18. The highest BCUT2D eigenvalue weighted by Gasteiger charge is 2.35. The van der Waals surface area contributed by atoms with Crippen molar-refractivity contribution in [1.29, 1.82) is 0 Å². The second-order valence-electron chi connectivity index (χ2n) is 9.79. The Morgan fingerprint density at radius 3 is 2.34 bits per heavy atom. The summed E-state index contributed by atoms with van der Waals surface area (Å²) >= 11 is 0. The summed E-state index contributed by atoms with van der Waals surface area (Å²) in [6.45, 7) is 14.1. The number of rotatable bonds is 9. The second-order valence-corrected chi connectivity index (χ2v) is 9.79. The summed E-state index contributed by atoms with van der Waals surface area (Å²) in [5.41, 5.74) is 0.215. The number of carbonyl (C=O) groups excluding carboxylic acids is 1. The molecule has 0 saturated carbocycles. The molecule has 0 saturated heterocycles. The van der Waals surface area contributed by atoms with Gasteiger partial charge in [0.1, 0.15) is 5.75 Å². The van der Waals surface area contributed by atoms with Crippen molar-refractivity contribution in [2.45, 2.75) is 73.9 Å². The Kier molecular flexibility index (Phi) is 8.10. The lowest BCUT2D eigenvalue weighted by Crippen LogP contribution is -2.40. The Labute approximate surface area is 189 Å². The standard InChI is InChI=1S/C25H36N2O5/c1-8-9-12-32-21-19-13-17(16(4)28)10-11-18(19)23(29)27(14-15(2)3)20(21)22(25(5,6)7)26-24(30)31/h10-11,13,15,22,26H,8-9,12,14H2,1-7H3,(H,30,31). The van der Waals surface area contributed by atoms with E-state index >= 15 is 0 Å². The maximum absolute atomic E-state index is 13.6. The number of pyridine rings is 1. The number of ether oxygens (including phenoxy) is 1.